The lowest BCUT2D eigenvalue weighted by atomic mass is 9.78. The molecule has 0 amide bonds. The van der Waals surface area contributed by atoms with Crippen LogP contribution < -0.4 is 4.74 Å². The van der Waals surface area contributed by atoms with E-state index in [0.717, 1.165) is 5.75 Å². The van der Waals surface area contributed by atoms with Crippen LogP contribution in [0, 0.1) is 11.8 Å². The van der Waals surface area contributed by atoms with Gasteiger partial charge in [0.15, 0.2) is 6.29 Å². The SMILES string of the molecule is CCOC(C)Oc1ccc(C(C(C)C)C(C)CC)cc1. The Morgan fingerprint density at radius 3 is 2.00 bits per heavy atom. The second-order valence-corrected chi connectivity index (χ2v) is 5.87. The van der Waals surface area contributed by atoms with Gasteiger partial charge in [-0.2, -0.15) is 0 Å². The van der Waals surface area contributed by atoms with Gasteiger partial charge in [-0.15, -0.1) is 0 Å². The fourth-order valence-corrected chi connectivity index (χ4v) is 2.85. The molecule has 0 N–H and O–H groups in total. The zero-order chi connectivity index (χ0) is 15.1. The molecule has 0 aliphatic heterocycles. The molecule has 0 saturated heterocycles. The number of benzene rings is 1. The quantitative estimate of drug-likeness (QED) is 0.606. The van der Waals surface area contributed by atoms with Crippen LogP contribution in [0.1, 0.15) is 59.4 Å². The summed E-state index contributed by atoms with van der Waals surface area (Å²) in [5, 5.41) is 0. The summed E-state index contributed by atoms with van der Waals surface area (Å²) >= 11 is 0. The Kier molecular flexibility index (Phi) is 7.08. The van der Waals surface area contributed by atoms with Crippen LogP contribution in [0.15, 0.2) is 24.3 Å². The minimum Gasteiger partial charge on any atom is -0.465 e. The third-order valence-electron chi connectivity index (χ3n) is 3.94. The van der Waals surface area contributed by atoms with Gasteiger partial charge in [0.1, 0.15) is 5.75 Å². The molecule has 20 heavy (non-hydrogen) atoms. The Balaban J connectivity index is 2.78. The molecule has 0 aromatic heterocycles. The Labute approximate surface area is 124 Å². The maximum absolute atomic E-state index is 5.71. The van der Waals surface area contributed by atoms with Crippen molar-refractivity contribution in [3.63, 3.8) is 0 Å². The van der Waals surface area contributed by atoms with E-state index in [0.29, 0.717) is 24.4 Å². The topological polar surface area (TPSA) is 18.5 Å². The summed E-state index contributed by atoms with van der Waals surface area (Å²) in [4.78, 5) is 0. The van der Waals surface area contributed by atoms with Crippen LogP contribution >= 0.6 is 0 Å². The van der Waals surface area contributed by atoms with Gasteiger partial charge in [-0.3, -0.25) is 0 Å². The van der Waals surface area contributed by atoms with E-state index in [-0.39, 0.29) is 6.29 Å². The van der Waals surface area contributed by atoms with Crippen LogP contribution in [-0.4, -0.2) is 12.9 Å². The predicted octanol–water partition coefficient (Wildman–Crippen LogP) is 5.23. The summed E-state index contributed by atoms with van der Waals surface area (Å²) in [5.41, 5.74) is 1.41. The number of hydrogen-bond acceptors (Lipinski definition) is 2. The highest BCUT2D eigenvalue weighted by molar-refractivity contribution is 5.30. The monoisotopic (exact) mass is 278 g/mol. The second kappa shape index (κ2) is 8.31. The Morgan fingerprint density at radius 2 is 1.55 bits per heavy atom. The summed E-state index contributed by atoms with van der Waals surface area (Å²) in [6.45, 7) is 13.8. The summed E-state index contributed by atoms with van der Waals surface area (Å²) < 4.78 is 11.1. The Morgan fingerprint density at radius 1 is 0.950 bits per heavy atom. The first-order chi connectivity index (χ1) is 9.49. The predicted molar refractivity (Wildman–Crippen MR) is 85.2 cm³/mol. The van der Waals surface area contributed by atoms with E-state index in [9.17, 15) is 0 Å². The average molecular weight is 278 g/mol. The highest BCUT2D eigenvalue weighted by Gasteiger charge is 2.21. The second-order valence-electron chi connectivity index (χ2n) is 5.87. The molecule has 0 aliphatic rings. The Bertz CT molecular complexity index is 370. The van der Waals surface area contributed by atoms with E-state index in [4.69, 9.17) is 9.47 Å². The van der Waals surface area contributed by atoms with Crippen molar-refractivity contribution in [2.75, 3.05) is 6.61 Å². The zero-order valence-corrected chi connectivity index (χ0v) is 13.8. The molecule has 1 aromatic rings. The van der Waals surface area contributed by atoms with Crippen molar-refractivity contribution in [1.82, 2.24) is 0 Å². The van der Waals surface area contributed by atoms with Crippen molar-refractivity contribution in [2.24, 2.45) is 11.8 Å². The Hall–Kier alpha value is -1.02. The zero-order valence-electron chi connectivity index (χ0n) is 13.8. The summed E-state index contributed by atoms with van der Waals surface area (Å²) in [7, 11) is 0. The molecule has 0 aliphatic carbocycles. The molecule has 2 heteroatoms. The van der Waals surface area contributed by atoms with Gasteiger partial charge in [0.25, 0.3) is 0 Å². The van der Waals surface area contributed by atoms with Crippen molar-refractivity contribution in [2.45, 2.75) is 60.2 Å². The molecule has 3 unspecified atom stereocenters. The molecule has 0 spiro atoms. The first kappa shape index (κ1) is 17.0. The molecular weight excluding hydrogens is 248 g/mol. The smallest absolute Gasteiger partial charge is 0.196 e. The van der Waals surface area contributed by atoms with Crippen LogP contribution in [0.4, 0.5) is 0 Å². The molecule has 3 atom stereocenters. The van der Waals surface area contributed by atoms with Gasteiger partial charge in [0.05, 0.1) is 0 Å². The first-order valence-corrected chi connectivity index (χ1v) is 7.87. The standard InChI is InChI=1S/C18H30O2/c1-7-14(5)18(13(3)4)16-9-11-17(12-10-16)20-15(6)19-8-2/h9-15,18H,7-8H2,1-6H3. The van der Waals surface area contributed by atoms with E-state index in [1.54, 1.807) is 0 Å². The van der Waals surface area contributed by atoms with Gasteiger partial charge in [-0.05, 0) is 49.3 Å². The lowest BCUT2D eigenvalue weighted by Crippen LogP contribution is -2.17. The number of hydrogen-bond donors (Lipinski definition) is 0. The third kappa shape index (κ3) is 4.82. The molecule has 114 valence electrons. The molecule has 0 fully saturated rings. The van der Waals surface area contributed by atoms with Crippen LogP contribution in [0.25, 0.3) is 0 Å². The maximum atomic E-state index is 5.71. The van der Waals surface area contributed by atoms with Crippen molar-refractivity contribution < 1.29 is 9.47 Å². The molecule has 0 bridgehead atoms. The van der Waals surface area contributed by atoms with Crippen molar-refractivity contribution in [1.29, 1.82) is 0 Å². The molecule has 0 radical (unpaired) electrons. The van der Waals surface area contributed by atoms with E-state index < -0.39 is 0 Å². The minimum atomic E-state index is -0.193. The normalized spacial score (nSPS) is 15.9. The van der Waals surface area contributed by atoms with Crippen LogP contribution in [-0.2, 0) is 4.74 Å². The summed E-state index contributed by atoms with van der Waals surface area (Å²) in [6, 6.07) is 8.51. The summed E-state index contributed by atoms with van der Waals surface area (Å²) in [6.07, 6.45) is 1.02. The lowest BCUT2D eigenvalue weighted by molar-refractivity contribution is -0.0613. The van der Waals surface area contributed by atoms with E-state index in [2.05, 4.69) is 52.0 Å². The van der Waals surface area contributed by atoms with Gasteiger partial charge in [-0.25, -0.2) is 0 Å². The third-order valence-corrected chi connectivity index (χ3v) is 3.94. The largest absolute Gasteiger partial charge is 0.465 e. The fraction of sp³-hybridized carbons (Fsp3) is 0.667. The van der Waals surface area contributed by atoms with Gasteiger partial charge >= 0.3 is 0 Å². The van der Waals surface area contributed by atoms with Crippen LogP contribution in [0.3, 0.4) is 0 Å². The van der Waals surface area contributed by atoms with Crippen molar-refractivity contribution in [3.8, 4) is 5.75 Å². The highest BCUT2D eigenvalue weighted by Crippen LogP contribution is 2.34. The molecule has 0 heterocycles. The lowest BCUT2D eigenvalue weighted by Gasteiger charge is -2.27. The maximum Gasteiger partial charge on any atom is 0.196 e. The highest BCUT2D eigenvalue weighted by atomic mass is 16.7. The van der Waals surface area contributed by atoms with Crippen LogP contribution in [0.5, 0.6) is 5.75 Å². The average Bonchev–Trinajstić information content (AvgIpc) is 2.40. The van der Waals surface area contributed by atoms with Gasteiger partial charge in [0.2, 0.25) is 0 Å². The molecular formula is C18H30O2. The van der Waals surface area contributed by atoms with E-state index in [1.807, 2.05) is 13.8 Å². The van der Waals surface area contributed by atoms with Gasteiger partial charge in [0, 0.05) is 6.61 Å². The number of ether oxygens (including phenoxy) is 2. The van der Waals surface area contributed by atoms with Gasteiger partial charge in [-0.1, -0.05) is 46.2 Å². The minimum absolute atomic E-state index is 0.193. The van der Waals surface area contributed by atoms with Crippen LogP contribution in [0.2, 0.25) is 0 Å². The van der Waals surface area contributed by atoms with Gasteiger partial charge < -0.3 is 9.47 Å². The first-order valence-electron chi connectivity index (χ1n) is 7.87. The molecule has 2 nitrogen and oxygen atoms in total. The molecule has 1 aromatic carbocycles. The summed E-state index contributed by atoms with van der Waals surface area (Å²) in [5.74, 6) is 2.84. The van der Waals surface area contributed by atoms with E-state index >= 15 is 0 Å². The molecule has 1 rings (SSSR count). The molecule has 0 saturated carbocycles. The van der Waals surface area contributed by atoms with Crippen molar-refractivity contribution in [3.05, 3.63) is 29.8 Å². The van der Waals surface area contributed by atoms with E-state index in [1.165, 1.54) is 12.0 Å². The number of rotatable bonds is 8. The fourth-order valence-electron chi connectivity index (χ4n) is 2.85. The van der Waals surface area contributed by atoms with Crippen molar-refractivity contribution >= 4 is 0 Å².